The van der Waals surface area contributed by atoms with Crippen molar-refractivity contribution in [2.24, 2.45) is 0 Å². The fourth-order valence-corrected chi connectivity index (χ4v) is 2.77. The first-order valence-corrected chi connectivity index (χ1v) is 11.2. The zero-order chi connectivity index (χ0) is 23.3. The highest BCUT2D eigenvalue weighted by molar-refractivity contribution is 7.85. The van der Waals surface area contributed by atoms with Gasteiger partial charge in [0, 0.05) is 12.0 Å². The van der Waals surface area contributed by atoms with Crippen LogP contribution >= 0.6 is 0 Å². The molecule has 0 unspecified atom stereocenters. The van der Waals surface area contributed by atoms with Crippen molar-refractivity contribution in [1.82, 2.24) is 0 Å². The summed E-state index contributed by atoms with van der Waals surface area (Å²) in [7, 11) is 5.61. The largest absolute Gasteiger partial charge is 0.544 e. The van der Waals surface area contributed by atoms with Crippen LogP contribution in [0.1, 0.15) is 32.6 Å². The molecule has 1 N–H and O–H groups in total. The number of nitrogens with zero attached hydrogens (tertiary/aromatic N) is 2. The molecule has 9 nitrogen and oxygen atoms in total. The first kappa shape index (κ1) is 29.7. The van der Waals surface area contributed by atoms with E-state index in [-0.39, 0.29) is 18.3 Å². The van der Waals surface area contributed by atoms with Crippen LogP contribution in [0.2, 0.25) is 0 Å². The van der Waals surface area contributed by atoms with E-state index in [1.165, 1.54) is 0 Å². The van der Waals surface area contributed by atoms with Gasteiger partial charge in [-0.15, -0.1) is 0 Å². The van der Waals surface area contributed by atoms with Gasteiger partial charge in [-0.3, -0.25) is 4.55 Å². The summed E-state index contributed by atoms with van der Waals surface area (Å²) in [6.45, 7) is 7.22. The monoisotopic (exact) mass is 439 g/mol. The Labute approximate surface area is 175 Å². The third-order valence-electron chi connectivity index (χ3n) is 3.76. The lowest BCUT2D eigenvalue weighted by Crippen LogP contribution is -2.45. The number of aliphatic carboxylic acids is 1. The van der Waals surface area contributed by atoms with Crippen molar-refractivity contribution in [2.45, 2.75) is 32.6 Å². The molecule has 0 aromatic carbocycles. The maximum Gasteiger partial charge on any atom is 0.333 e. The van der Waals surface area contributed by atoms with E-state index in [9.17, 15) is 23.1 Å². The van der Waals surface area contributed by atoms with Crippen molar-refractivity contribution in [3.63, 3.8) is 0 Å². The Morgan fingerprint density at radius 3 is 1.90 bits per heavy atom. The summed E-state index contributed by atoms with van der Waals surface area (Å²) in [4.78, 5) is 21.0. The van der Waals surface area contributed by atoms with Gasteiger partial charge in [0.1, 0.15) is 6.54 Å². The summed E-state index contributed by atoms with van der Waals surface area (Å²) in [5.41, 5.74) is 0.409. The Morgan fingerprint density at radius 2 is 1.52 bits per heavy atom. The lowest BCUT2D eigenvalue weighted by Gasteiger charge is -2.29. The molecule has 0 aromatic rings. The molecule has 0 aromatic heterocycles. The number of ether oxygens (including phenoxy) is 1. The minimum atomic E-state index is -3.86. The average Bonchev–Trinajstić information content (AvgIpc) is 2.46. The van der Waals surface area contributed by atoms with Gasteiger partial charge in [-0.1, -0.05) is 6.58 Å². The maximum absolute atomic E-state index is 11.1. The number of rotatable bonds is 13. The molecule has 29 heavy (non-hydrogen) atoms. The molecule has 0 rings (SSSR count). The summed E-state index contributed by atoms with van der Waals surface area (Å²) in [5.74, 6) is -1.54. The SMILES string of the molecule is C=C(C)C(=O)OCCCCC[N+](C)(C)CCCS(=O)(=O)O.C[N+](C)(C)CC(=O)[O-]. The first-order chi connectivity index (χ1) is 13.0. The molecule has 0 saturated carbocycles. The second kappa shape index (κ2) is 13.7. The van der Waals surface area contributed by atoms with Gasteiger partial charge in [-0.2, -0.15) is 8.42 Å². The van der Waals surface area contributed by atoms with Crippen LogP contribution in [0.25, 0.3) is 0 Å². The molecule has 0 fully saturated rings. The topological polar surface area (TPSA) is 121 Å². The smallest absolute Gasteiger partial charge is 0.333 e. The van der Waals surface area contributed by atoms with E-state index >= 15 is 0 Å². The standard InChI is InChI=1S/C14H27NO5S.C5H11NO2/c1-13(2)14(16)20-11-7-5-6-9-15(3,4)10-8-12-21(17,18)19;1-6(2,3)4-5(7)8/h1,5-12H2,2-4H3;4H2,1-3H3/p+1. The summed E-state index contributed by atoms with van der Waals surface area (Å²) in [5, 5.41) is 9.89. The number of carbonyl (C=O) groups is 2. The molecule has 172 valence electrons. The lowest BCUT2D eigenvalue weighted by molar-refractivity contribution is -0.890. The van der Waals surface area contributed by atoms with Crippen molar-refractivity contribution in [3.05, 3.63) is 12.2 Å². The molecular formula is C19H39N2O7S+. The quantitative estimate of drug-likeness (QED) is 0.142. The molecule has 10 heteroatoms. The second-order valence-corrected chi connectivity index (χ2v) is 10.4. The molecule has 0 atom stereocenters. The van der Waals surface area contributed by atoms with Crippen LogP contribution in [0.5, 0.6) is 0 Å². The van der Waals surface area contributed by atoms with Crippen LogP contribution in [-0.4, -0.2) is 101 Å². The number of carboxylic acid groups (broad SMARTS) is 1. The molecule has 0 heterocycles. The fourth-order valence-electron chi connectivity index (χ4n) is 2.28. The first-order valence-electron chi connectivity index (χ1n) is 9.55. The summed E-state index contributed by atoms with van der Waals surface area (Å²) < 4.78 is 36.1. The number of unbranched alkanes of at least 4 members (excludes halogenated alkanes) is 2. The molecule has 0 aliphatic heterocycles. The number of carboxylic acids is 1. The lowest BCUT2D eigenvalue weighted by atomic mass is 10.2. The van der Waals surface area contributed by atoms with Gasteiger partial charge in [0.05, 0.1) is 66.7 Å². The highest BCUT2D eigenvalue weighted by Gasteiger charge is 2.16. The van der Waals surface area contributed by atoms with Gasteiger partial charge in [0.15, 0.2) is 0 Å². The third-order valence-corrected chi connectivity index (χ3v) is 4.56. The number of carbonyl (C=O) groups excluding carboxylic acids is 2. The third kappa shape index (κ3) is 24.5. The van der Waals surface area contributed by atoms with Crippen LogP contribution in [0.15, 0.2) is 12.2 Å². The van der Waals surface area contributed by atoms with E-state index in [0.717, 1.165) is 25.8 Å². The molecule has 0 amide bonds. The fraction of sp³-hybridized carbons (Fsp3) is 0.789. The van der Waals surface area contributed by atoms with E-state index in [1.807, 2.05) is 14.1 Å². The predicted molar refractivity (Wildman–Crippen MR) is 110 cm³/mol. The number of likely N-dealkylation sites (N-methyl/N-ethyl adjacent to an activating group) is 1. The second-order valence-electron chi connectivity index (χ2n) is 8.82. The minimum absolute atomic E-state index is 0.0694. The Kier molecular flexibility index (Phi) is 14.0. The van der Waals surface area contributed by atoms with E-state index in [4.69, 9.17) is 9.29 Å². The van der Waals surface area contributed by atoms with Crippen LogP contribution < -0.4 is 5.11 Å². The Morgan fingerprint density at radius 1 is 1.00 bits per heavy atom. The van der Waals surface area contributed by atoms with E-state index in [0.29, 0.717) is 34.1 Å². The molecule has 0 aliphatic carbocycles. The van der Waals surface area contributed by atoms with Crippen LogP contribution in [0, 0.1) is 0 Å². The average molecular weight is 440 g/mol. The minimum Gasteiger partial charge on any atom is -0.544 e. The van der Waals surface area contributed by atoms with Crippen molar-refractivity contribution in [2.75, 3.05) is 67.2 Å². The van der Waals surface area contributed by atoms with Gasteiger partial charge in [-0.05, 0) is 26.2 Å². The molecular weight excluding hydrogens is 400 g/mol. The van der Waals surface area contributed by atoms with Crippen molar-refractivity contribution in [1.29, 1.82) is 0 Å². The maximum atomic E-state index is 11.1. The Balaban J connectivity index is 0. The number of esters is 1. The number of hydrogen-bond acceptors (Lipinski definition) is 6. The van der Waals surface area contributed by atoms with Gasteiger partial charge < -0.3 is 23.6 Å². The van der Waals surface area contributed by atoms with E-state index in [2.05, 4.69) is 6.58 Å². The Bertz CT molecular complexity index is 623. The Hall–Kier alpha value is -1.49. The molecule has 0 saturated heterocycles. The summed E-state index contributed by atoms with van der Waals surface area (Å²) >= 11 is 0. The van der Waals surface area contributed by atoms with Gasteiger partial charge >= 0.3 is 5.97 Å². The van der Waals surface area contributed by atoms with Gasteiger partial charge in [-0.25, -0.2) is 4.79 Å². The predicted octanol–water partition coefficient (Wildman–Crippen LogP) is 0.0728. The number of hydrogen-bond donors (Lipinski definition) is 1. The zero-order valence-electron chi connectivity index (χ0n) is 18.8. The van der Waals surface area contributed by atoms with E-state index in [1.54, 1.807) is 28.1 Å². The zero-order valence-corrected chi connectivity index (χ0v) is 19.6. The van der Waals surface area contributed by atoms with Crippen LogP contribution in [-0.2, 0) is 24.4 Å². The van der Waals surface area contributed by atoms with Gasteiger partial charge in [0.25, 0.3) is 10.1 Å². The van der Waals surface area contributed by atoms with Crippen molar-refractivity contribution in [3.8, 4) is 0 Å². The number of quaternary nitrogens is 2. The molecule has 0 bridgehead atoms. The van der Waals surface area contributed by atoms with Crippen molar-refractivity contribution < 1.29 is 41.4 Å². The van der Waals surface area contributed by atoms with E-state index < -0.39 is 16.1 Å². The molecule has 0 aliphatic rings. The van der Waals surface area contributed by atoms with Gasteiger partial charge in [0.2, 0.25) is 0 Å². The molecule has 0 spiro atoms. The normalized spacial score (nSPS) is 12.0. The van der Waals surface area contributed by atoms with Crippen molar-refractivity contribution >= 4 is 22.1 Å². The molecule has 0 radical (unpaired) electrons. The summed E-state index contributed by atoms with van der Waals surface area (Å²) in [6.07, 6.45) is 3.18. The highest BCUT2D eigenvalue weighted by atomic mass is 32.2. The highest BCUT2D eigenvalue weighted by Crippen LogP contribution is 2.06. The van der Waals surface area contributed by atoms with Crippen LogP contribution in [0.4, 0.5) is 0 Å². The van der Waals surface area contributed by atoms with Crippen LogP contribution in [0.3, 0.4) is 0 Å². The summed E-state index contributed by atoms with van der Waals surface area (Å²) in [6, 6.07) is 0.